The first-order valence-electron chi connectivity index (χ1n) is 6.27. The fraction of sp³-hybridized carbons (Fsp3) is 0.429. The molecule has 1 aliphatic heterocycles. The fourth-order valence-corrected chi connectivity index (χ4v) is 2.01. The molecular weight excluding hydrogens is 246 g/mol. The quantitative estimate of drug-likeness (QED) is 0.845. The Hall–Kier alpha value is -1.88. The first-order valence-corrected chi connectivity index (χ1v) is 6.27. The number of rotatable bonds is 3. The SMILES string of the molecule is COC(=O)c1ccc(NC(=O)C2CCOCC2)cc1. The van der Waals surface area contributed by atoms with Crippen molar-refractivity contribution in [3.63, 3.8) is 0 Å². The smallest absolute Gasteiger partial charge is 0.337 e. The second kappa shape index (κ2) is 6.33. The van der Waals surface area contributed by atoms with Crippen molar-refractivity contribution in [1.29, 1.82) is 0 Å². The topological polar surface area (TPSA) is 64.6 Å². The molecule has 0 aliphatic carbocycles. The van der Waals surface area contributed by atoms with Crippen LogP contribution in [0.3, 0.4) is 0 Å². The third-order valence-electron chi connectivity index (χ3n) is 3.17. The van der Waals surface area contributed by atoms with Gasteiger partial charge < -0.3 is 14.8 Å². The Morgan fingerprint density at radius 2 is 1.84 bits per heavy atom. The van der Waals surface area contributed by atoms with Gasteiger partial charge >= 0.3 is 5.97 Å². The molecule has 0 atom stereocenters. The number of benzene rings is 1. The number of methoxy groups -OCH3 is 1. The Morgan fingerprint density at radius 1 is 1.21 bits per heavy atom. The lowest BCUT2D eigenvalue weighted by atomic mass is 9.99. The minimum Gasteiger partial charge on any atom is -0.465 e. The Labute approximate surface area is 111 Å². The van der Waals surface area contributed by atoms with Crippen LogP contribution in [-0.2, 0) is 14.3 Å². The summed E-state index contributed by atoms with van der Waals surface area (Å²) in [5.41, 5.74) is 1.15. The van der Waals surface area contributed by atoms with Crippen molar-refractivity contribution < 1.29 is 19.1 Å². The molecule has 0 saturated carbocycles. The zero-order valence-corrected chi connectivity index (χ0v) is 10.8. The van der Waals surface area contributed by atoms with Gasteiger partial charge in [-0.2, -0.15) is 0 Å². The average Bonchev–Trinajstić information content (AvgIpc) is 2.48. The van der Waals surface area contributed by atoms with Crippen LogP contribution in [0.4, 0.5) is 5.69 Å². The van der Waals surface area contributed by atoms with Crippen molar-refractivity contribution in [3.8, 4) is 0 Å². The maximum atomic E-state index is 12.0. The van der Waals surface area contributed by atoms with Crippen molar-refractivity contribution >= 4 is 17.6 Å². The highest BCUT2D eigenvalue weighted by molar-refractivity contribution is 5.94. The van der Waals surface area contributed by atoms with Gasteiger partial charge in [-0.1, -0.05) is 0 Å². The summed E-state index contributed by atoms with van der Waals surface area (Å²) in [6.45, 7) is 1.28. The highest BCUT2D eigenvalue weighted by Crippen LogP contribution is 2.18. The lowest BCUT2D eigenvalue weighted by Gasteiger charge is -2.21. The van der Waals surface area contributed by atoms with Gasteiger partial charge in [0.05, 0.1) is 12.7 Å². The van der Waals surface area contributed by atoms with Gasteiger partial charge in [0, 0.05) is 24.8 Å². The number of esters is 1. The summed E-state index contributed by atoms with van der Waals surface area (Å²) < 4.78 is 9.84. The van der Waals surface area contributed by atoms with E-state index >= 15 is 0 Å². The van der Waals surface area contributed by atoms with Crippen LogP contribution in [0.25, 0.3) is 0 Å². The molecule has 5 nitrogen and oxygen atoms in total. The normalized spacial score (nSPS) is 15.8. The number of ether oxygens (including phenoxy) is 2. The van der Waals surface area contributed by atoms with Crippen LogP contribution in [0.5, 0.6) is 0 Å². The number of carbonyl (C=O) groups excluding carboxylic acids is 2. The van der Waals surface area contributed by atoms with Crippen LogP contribution in [0.1, 0.15) is 23.2 Å². The second-order valence-corrected chi connectivity index (χ2v) is 4.44. The predicted molar refractivity (Wildman–Crippen MR) is 70.0 cm³/mol. The monoisotopic (exact) mass is 263 g/mol. The van der Waals surface area contributed by atoms with Crippen molar-refractivity contribution in [2.24, 2.45) is 5.92 Å². The van der Waals surface area contributed by atoms with E-state index in [1.165, 1.54) is 7.11 Å². The first-order chi connectivity index (χ1) is 9.20. The van der Waals surface area contributed by atoms with E-state index in [2.05, 4.69) is 10.1 Å². The molecule has 1 saturated heterocycles. The molecule has 19 heavy (non-hydrogen) atoms. The molecule has 0 radical (unpaired) electrons. The van der Waals surface area contributed by atoms with E-state index in [1.807, 2.05) is 0 Å². The zero-order chi connectivity index (χ0) is 13.7. The van der Waals surface area contributed by atoms with E-state index in [1.54, 1.807) is 24.3 Å². The Balaban J connectivity index is 1.95. The Morgan fingerprint density at radius 3 is 2.42 bits per heavy atom. The number of carbonyl (C=O) groups is 2. The minimum atomic E-state index is -0.387. The molecule has 1 fully saturated rings. The maximum Gasteiger partial charge on any atom is 0.337 e. The summed E-state index contributed by atoms with van der Waals surface area (Å²) in [4.78, 5) is 23.3. The fourth-order valence-electron chi connectivity index (χ4n) is 2.01. The largest absolute Gasteiger partial charge is 0.465 e. The van der Waals surface area contributed by atoms with E-state index < -0.39 is 0 Å². The van der Waals surface area contributed by atoms with Gasteiger partial charge in [0.25, 0.3) is 0 Å². The summed E-state index contributed by atoms with van der Waals surface area (Å²) in [6.07, 6.45) is 1.51. The summed E-state index contributed by atoms with van der Waals surface area (Å²) in [5, 5.41) is 2.85. The molecule has 1 heterocycles. The number of hydrogen-bond acceptors (Lipinski definition) is 4. The molecule has 0 unspecified atom stereocenters. The summed E-state index contributed by atoms with van der Waals surface area (Å²) in [5.74, 6) is -0.370. The molecule has 1 N–H and O–H groups in total. The van der Waals surface area contributed by atoms with Crippen LogP contribution < -0.4 is 5.32 Å². The lowest BCUT2D eigenvalue weighted by Crippen LogP contribution is -2.28. The van der Waals surface area contributed by atoms with Crippen molar-refractivity contribution in [2.75, 3.05) is 25.6 Å². The molecule has 0 aromatic heterocycles. The molecule has 1 amide bonds. The van der Waals surface area contributed by atoms with Crippen LogP contribution in [0, 0.1) is 5.92 Å². The van der Waals surface area contributed by atoms with Gasteiger partial charge in [0.15, 0.2) is 0 Å². The molecular formula is C14H17NO4. The van der Waals surface area contributed by atoms with Crippen LogP contribution >= 0.6 is 0 Å². The van der Waals surface area contributed by atoms with Gasteiger partial charge in [0.1, 0.15) is 0 Å². The molecule has 1 aliphatic rings. The average molecular weight is 263 g/mol. The summed E-state index contributed by atoms with van der Waals surface area (Å²) >= 11 is 0. The standard InChI is InChI=1S/C14H17NO4/c1-18-14(17)11-2-4-12(5-3-11)15-13(16)10-6-8-19-9-7-10/h2-5,10H,6-9H2,1H3,(H,15,16). The highest BCUT2D eigenvalue weighted by Gasteiger charge is 2.21. The van der Waals surface area contributed by atoms with Crippen molar-refractivity contribution in [1.82, 2.24) is 0 Å². The third-order valence-corrected chi connectivity index (χ3v) is 3.17. The van der Waals surface area contributed by atoms with Crippen LogP contribution in [0.2, 0.25) is 0 Å². The van der Waals surface area contributed by atoms with E-state index in [0.717, 1.165) is 12.8 Å². The van der Waals surface area contributed by atoms with Crippen molar-refractivity contribution in [2.45, 2.75) is 12.8 Å². The number of nitrogens with one attached hydrogen (secondary N) is 1. The van der Waals surface area contributed by atoms with Crippen LogP contribution in [0.15, 0.2) is 24.3 Å². The van der Waals surface area contributed by atoms with Gasteiger partial charge in [-0.15, -0.1) is 0 Å². The second-order valence-electron chi connectivity index (χ2n) is 4.44. The number of amides is 1. The van der Waals surface area contributed by atoms with Gasteiger partial charge in [-0.05, 0) is 37.1 Å². The lowest BCUT2D eigenvalue weighted by molar-refractivity contribution is -0.122. The maximum absolute atomic E-state index is 12.0. The number of anilines is 1. The minimum absolute atomic E-state index is 0.00836. The summed E-state index contributed by atoms with van der Waals surface area (Å²) in [7, 11) is 1.34. The third kappa shape index (κ3) is 3.54. The van der Waals surface area contributed by atoms with Gasteiger partial charge in [-0.25, -0.2) is 4.79 Å². The first kappa shape index (κ1) is 13.5. The number of hydrogen-bond donors (Lipinski definition) is 1. The van der Waals surface area contributed by atoms with E-state index in [4.69, 9.17) is 4.74 Å². The van der Waals surface area contributed by atoms with E-state index in [-0.39, 0.29) is 17.8 Å². The van der Waals surface area contributed by atoms with Gasteiger partial charge in [0.2, 0.25) is 5.91 Å². The van der Waals surface area contributed by atoms with E-state index in [9.17, 15) is 9.59 Å². The molecule has 0 spiro atoms. The molecule has 0 bridgehead atoms. The highest BCUT2D eigenvalue weighted by atomic mass is 16.5. The van der Waals surface area contributed by atoms with Gasteiger partial charge in [-0.3, -0.25) is 4.79 Å². The van der Waals surface area contributed by atoms with E-state index in [0.29, 0.717) is 24.5 Å². The molecule has 2 rings (SSSR count). The molecule has 5 heteroatoms. The summed E-state index contributed by atoms with van der Waals surface area (Å²) in [6, 6.07) is 6.66. The van der Waals surface area contributed by atoms with Crippen molar-refractivity contribution in [3.05, 3.63) is 29.8 Å². The molecule has 1 aromatic carbocycles. The predicted octanol–water partition coefficient (Wildman–Crippen LogP) is 1.84. The van der Waals surface area contributed by atoms with Crippen LogP contribution in [-0.4, -0.2) is 32.2 Å². The molecule has 1 aromatic rings. The Kier molecular flexibility index (Phi) is 4.52. The Bertz CT molecular complexity index is 449. The zero-order valence-electron chi connectivity index (χ0n) is 10.8. The molecule has 102 valence electrons.